The van der Waals surface area contributed by atoms with E-state index in [-0.39, 0.29) is 10.9 Å². The number of aromatic carboxylic acids is 1. The van der Waals surface area contributed by atoms with Crippen LogP contribution in [0.15, 0.2) is 10.9 Å². The zero-order valence-corrected chi connectivity index (χ0v) is 9.55. The fourth-order valence-corrected chi connectivity index (χ4v) is 1.55. The molecule has 0 fully saturated rings. The number of carboxylic acids is 1. The molecule has 1 aromatic heterocycles. The lowest BCUT2D eigenvalue weighted by Gasteiger charge is -2.11. The first-order valence-corrected chi connectivity index (χ1v) is 5.18. The molecule has 2 N–H and O–H groups in total. The summed E-state index contributed by atoms with van der Waals surface area (Å²) in [6.45, 7) is 0. The SMILES string of the molecule is O=C(O)c1cc(OC(F)(F)F)c(CBr)c(=O)[nH]1. The highest BCUT2D eigenvalue weighted by molar-refractivity contribution is 9.08. The van der Waals surface area contributed by atoms with Gasteiger partial charge in [0.05, 0.1) is 5.56 Å². The summed E-state index contributed by atoms with van der Waals surface area (Å²) in [5, 5.41) is 8.38. The number of carbonyl (C=O) groups is 1. The minimum absolute atomic E-state index is 0.201. The Kier molecular flexibility index (Phi) is 3.81. The number of rotatable bonds is 3. The van der Waals surface area contributed by atoms with E-state index in [0.29, 0.717) is 6.07 Å². The number of nitrogens with one attached hydrogen (secondary N) is 1. The van der Waals surface area contributed by atoms with Crippen LogP contribution in [0, 0.1) is 0 Å². The second-order valence-electron chi connectivity index (χ2n) is 2.84. The first-order chi connectivity index (χ1) is 7.74. The summed E-state index contributed by atoms with van der Waals surface area (Å²) in [6, 6.07) is 0.605. The molecule has 0 bridgehead atoms. The average Bonchev–Trinajstić information content (AvgIpc) is 2.14. The second-order valence-corrected chi connectivity index (χ2v) is 3.40. The van der Waals surface area contributed by atoms with Crippen molar-refractivity contribution in [3.63, 3.8) is 0 Å². The van der Waals surface area contributed by atoms with E-state index >= 15 is 0 Å². The number of ether oxygens (including phenoxy) is 1. The molecule has 0 unspecified atom stereocenters. The molecule has 0 aliphatic rings. The molecular formula is C8H5BrF3NO4. The van der Waals surface area contributed by atoms with Crippen LogP contribution in [-0.4, -0.2) is 22.4 Å². The van der Waals surface area contributed by atoms with Crippen molar-refractivity contribution >= 4 is 21.9 Å². The lowest BCUT2D eigenvalue weighted by atomic mass is 10.2. The monoisotopic (exact) mass is 315 g/mol. The van der Waals surface area contributed by atoms with E-state index < -0.39 is 29.3 Å². The smallest absolute Gasteiger partial charge is 0.477 e. The molecule has 0 spiro atoms. The highest BCUT2D eigenvalue weighted by atomic mass is 79.9. The number of hydrogen-bond donors (Lipinski definition) is 2. The molecule has 0 aliphatic heterocycles. The Labute approximate surface area is 100 Å². The third-order valence-electron chi connectivity index (χ3n) is 1.68. The summed E-state index contributed by atoms with van der Waals surface area (Å²) < 4.78 is 39.7. The molecular weight excluding hydrogens is 311 g/mol. The number of pyridine rings is 1. The Balaban J connectivity index is 3.34. The van der Waals surface area contributed by atoms with E-state index in [1.807, 2.05) is 4.98 Å². The van der Waals surface area contributed by atoms with E-state index in [2.05, 4.69) is 20.7 Å². The molecule has 1 aromatic rings. The van der Waals surface area contributed by atoms with E-state index in [1.165, 1.54) is 0 Å². The zero-order chi connectivity index (χ0) is 13.2. The Morgan fingerprint density at radius 1 is 1.53 bits per heavy atom. The van der Waals surface area contributed by atoms with Gasteiger partial charge >= 0.3 is 12.3 Å². The molecule has 0 atom stereocenters. The minimum atomic E-state index is -5.00. The van der Waals surface area contributed by atoms with Crippen molar-refractivity contribution in [1.82, 2.24) is 4.98 Å². The largest absolute Gasteiger partial charge is 0.573 e. The Hall–Kier alpha value is -1.51. The lowest BCUT2D eigenvalue weighted by Crippen LogP contribution is -2.23. The van der Waals surface area contributed by atoms with Crippen molar-refractivity contribution in [3.8, 4) is 5.75 Å². The molecule has 0 saturated carbocycles. The summed E-state index contributed by atoms with van der Waals surface area (Å²) in [5.74, 6) is -2.40. The van der Waals surface area contributed by atoms with Gasteiger partial charge in [0.1, 0.15) is 11.4 Å². The number of aromatic nitrogens is 1. The van der Waals surface area contributed by atoms with E-state index in [1.54, 1.807) is 0 Å². The molecule has 0 amide bonds. The Morgan fingerprint density at radius 2 is 2.12 bits per heavy atom. The summed E-state index contributed by atoms with van der Waals surface area (Å²) in [7, 11) is 0. The molecule has 94 valence electrons. The fraction of sp³-hybridized carbons (Fsp3) is 0.250. The van der Waals surface area contributed by atoms with Crippen molar-refractivity contribution in [3.05, 3.63) is 27.7 Å². The Morgan fingerprint density at radius 3 is 2.53 bits per heavy atom. The van der Waals surface area contributed by atoms with Crippen molar-refractivity contribution in [2.24, 2.45) is 0 Å². The van der Waals surface area contributed by atoms with Crippen LogP contribution in [0.25, 0.3) is 0 Å². The van der Waals surface area contributed by atoms with Crippen LogP contribution < -0.4 is 10.3 Å². The predicted octanol–water partition coefficient (Wildman–Crippen LogP) is 1.87. The predicted molar refractivity (Wildman–Crippen MR) is 53.3 cm³/mol. The highest BCUT2D eigenvalue weighted by Gasteiger charge is 2.33. The average molecular weight is 316 g/mol. The standard InChI is InChI=1S/C8H5BrF3NO4/c9-2-3-5(17-8(10,11)12)1-4(7(15)16)13-6(3)14/h1H,2H2,(H,13,14)(H,15,16). The number of carboxylic acid groups (broad SMARTS) is 1. The van der Waals surface area contributed by atoms with Crippen LogP contribution >= 0.6 is 15.9 Å². The molecule has 9 heteroatoms. The molecule has 0 aromatic carbocycles. The quantitative estimate of drug-likeness (QED) is 0.834. The maximum Gasteiger partial charge on any atom is 0.573 e. The zero-order valence-electron chi connectivity index (χ0n) is 7.97. The van der Waals surface area contributed by atoms with Gasteiger partial charge in [-0.3, -0.25) is 4.79 Å². The molecule has 0 saturated heterocycles. The number of H-pyrrole nitrogens is 1. The Bertz CT molecular complexity index is 497. The van der Waals surface area contributed by atoms with Gasteiger partial charge in [-0.25, -0.2) is 4.79 Å². The van der Waals surface area contributed by atoms with Gasteiger partial charge in [0.25, 0.3) is 5.56 Å². The van der Waals surface area contributed by atoms with Gasteiger partial charge in [0.2, 0.25) is 0 Å². The van der Waals surface area contributed by atoms with Crippen LogP contribution in [0.4, 0.5) is 13.2 Å². The molecule has 1 heterocycles. The number of hydrogen-bond acceptors (Lipinski definition) is 3. The molecule has 5 nitrogen and oxygen atoms in total. The van der Waals surface area contributed by atoms with Gasteiger partial charge in [0, 0.05) is 11.4 Å². The summed E-state index contributed by atoms with van der Waals surface area (Å²) in [6.07, 6.45) is -5.00. The van der Waals surface area contributed by atoms with Gasteiger partial charge in [-0.05, 0) is 0 Å². The molecule has 0 aliphatic carbocycles. The highest BCUT2D eigenvalue weighted by Crippen LogP contribution is 2.26. The van der Waals surface area contributed by atoms with Crippen molar-refractivity contribution in [2.45, 2.75) is 11.7 Å². The second kappa shape index (κ2) is 4.78. The van der Waals surface area contributed by atoms with Crippen LogP contribution in [0.5, 0.6) is 5.75 Å². The molecule has 17 heavy (non-hydrogen) atoms. The third-order valence-corrected chi connectivity index (χ3v) is 2.25. The van der Waals surface area contributed by atoms with Gasteiger partial charge in [-0.2, -0.15) is 0 Å². The lowest BCUT2D eigenvalue weighted by molar-refractivity contribution is -0.274. The summed E-state index contributed by atoms with van der Waals surface area (Å²) >= 11 is 2.81. The third kappa shape index (κ3) is 3.48. The van der Waals surface area contributed by atoms with Crippen molar-refractivity contribution < 1.29 is 27.8 Å². The first kappa shape index (κ1) is 13.6. The minimum Gasteiger partial charge on any atom is -0.477 e. The van der Waals surface area contributed by atoms with E-state index in [4.69, 9.17) is 5.11 Å². The van der Waals surface area contributed by atoms with Crippen LogP contribution in [0.3, 0.4) is 0 Å². The van der Waals surface area contributed by atoms with Gasteiger partial charge in [-0.15, -0.1) is 13.2 Å². The first-order valence-electron chi connectivity index (χ1n) is 4.06. The van der Waals surface area contributed by atoms with Gasteiger partial charge < -0.3 is 14.8 Å². The van der Waals surface area contributed by atoms with Crippen molar-refractivity contribution in [1.29, 1.82) is 0 Å². The number of halogens is 4. The van der Waals surface area contributed by atoms with Crippen LogP contribution in [0.2, 0.25) is 0 Å². The summed E-state index contributed by atoms with van der Waals surface area (Å²) in [5.41, 5.74) is -1.98. The molecule has 1 rings (SSSR count). The van der Waals surface area contributed by atoms with Crippen LogP contribution in [0.1, 0.15) is 16.1 Å². The maximum atomic E-state index is 12.0. The normalized spacial score (nSPS) is 11.3. The summed E-state index contributed by atoms with van der Waals surface area (Å²) in [4.78, 5) is 23.8. The van der Waals surface area contributed by atoms with Crippen molar-refractivity contribution in [2.75, 3.05) is 0 Å². The topological polar surface area (TPSA) is 79.4 Å². The van der Waals surface area contributed by atoms with Gasteiger partial charge in [-0.1, -0.05) is 15.9 Å². The van der Waals surface area contributed by atoms with E-state index in [9.17, 15) is 22.8 Å². The van der Waals surface area contributed by atoms with Gasteiger partial charge in [0.15, 0.2) is 0 Å². The molecule has 0 radical (unpaired) electrons. The maximum absolute atomic E-state index is 12.0. The number of aromatic amines is 1. The van der Waals surface area contributed by atoms with Crippen LogP contribution in [-0.2, 0) is 5.33 Å². The fourth-order valence-electron chi connectivity index (χ4n) is 1.02. The van der Waals surface area contributed by atoms with E-state index in [0.717, 1.165) is 0 Å². The number of alkyl halides is 4.